The SMILES string of the molecule is N#Cc1nc(Cl)c[c-]c1Br.[Cl-].[Mg+2]. The second kappa shape index (κ2) is 6.93. The summed E-state index contributed by atoms with van der Waals surface area (Å²) in [7, 11) is 0. The number of pyridine rings is 1. The molecule has 0 aliphatic carbocycles. The molecule has 1 rings (SSSR count). The minimum atomic E-state index is 0. The van der Waals surface area contributed by atoms with Crippen LogP contribution < -0.4 is 12.4 Å². The Morgan fingerprint density at radius 3 is 2.67 bits per heavy atom. The Morgan fingerprint density at radius 1 is 1.67 bits per heavy atom. The van der Waals surface area contributed by atoms with Crippen molar-refractivity contribution in [3.63, 3.8) is 0 Å². The maximum Gasteiger partial charge on any atom is 2.00 e. The van der Waals surface area contributed by atoms with Crippen LogP contribution in [0.4, 0.5) is 0 Å². The van der Waals surface area contributed by atoms with Crippen LogP contribution in [0.25, 0.3) is 0 Å². The van der Waals surface area contributed by atoms with Gasteiger partial charge in [0.15, 0.2) is 0 Å². The standard InChI is InChI=1S/C6HBrClN2.ClH.Mg/c7-4-1-2-6(8)10-5(4)3-9;;/h2H;1H;/q-1;;+2/p-1. The molecule has 0 aromatic carbocycles. The summed E-state index contributed by atoms with van der Waals surface area (Å²) in [4.78, 5) is 3.72. The predicted octanol–water partition coefficient (Wildman–Crippen LogP) is -1.21. The Hall–Kier alpha value is 0.466. The van der Waals surface area contributed by atoms with Gasteiger partial charge >= 0.3 is 23.1 Å². The van der Waals surface area contributed by atoms with Crippen LogP contribution >= 0.6 is 27.5 Å². The predicted molar refractivity (Wildman–Crippen MR) is 46.3 cm³/mol. The molecule has 58 valence electrons. The van der Waals surface area contributed by atoms with Gasteiger partial charge in [-0.1, -0.05) is 20.4 Å². The van der Waals surface area contributed by atoms with Gasteiger partial charge in [0.2, 0.25) is 0 Å². The van der Waals surface area contributed by atoms with Crippen LogP contribution in [0, 0.1) is 17.4 Å². The minimum Gasteiger partial charge on any atom is -1.00 e. The van der Waals surface area contributed by atoms with E-state index in [2.05, 4.69) is 27.0 Å². The summed E-state index contributed by atoms with van der Waals surface area (Å²) in [6, 6.07) is 6.07. The van der Waals surface area contributed by atoms with E-state index in [9.17, 15) is 0 Å². The van der Waals surface area contributed by atoms with Crippen LogP contribution in [0.15, 0.2) is 10.5 Å². The monoisotopic (exact) mass is 274 g/mol. The number of nitriles is 1. The molecule has 0 saturated heterocycles. The third-order valence-corrected chi connectivity index (χ3v) is 1.65. The largest absolute Gasteiger partial charge is 2.00 e. The Kier molecular flexibility index (Phi) is 8.64. The van der Waals surface area contributed by atoms with Crippen LogP contribution in [0.5, 0.6) is 0 Å². The summed E-state index contributed by atoms with van der Waals surface area (Å²) >= 11 is 8.57. The van der Waals surface area contributed by atoms with Gasteiger partial charge in [-0.3, -0.25) is 0 Å². The average Bonchev–Trinajstić information content (AvgIpc) is 1.94. The molecule has 0 fully saturated rings. The molecule has 0 amide bonds. The van der Waals surface area contributed by atoms with E-state index < -0.39 is 0 Å². The van der Waals surface area contributed by atoms with Crippen molar-refractivity contribution in [3.05, 3.63) is 27.5 Å². The van der Waals surface area contributed by atoms with E-state index in [0.29, 0.717) is 4.47 Å². The smallest absolute Gasteiger partial charge is 1.00 e. The first-order valence-corrected chi connectivity index (χ1v) is 3.55. The molecule has 0 aliphatic heterocycles. The summed E-state index contributed by atoms with van der Waals surface area (Å²) in [5.41, 5.74) is 0.257. The molecule has 12 heavy (non-hydrogen) atoms. The molecule has 1 aromatic heterocycles. The first kappa shape index (κ1) is 15.0. The summed E-state index contributed by atoms with van der Waals surface area (Å²) < 4.78 is 0.541. The minimum absolute atomic E-state index is 0. The molecular formula is C6HBrCl2MgN2. The normalized spacial score (nSPS) is 7.42. The zero-order valence-corrected chi connectivity index (χ0v) is 10.3. The van der Waals surface area contributed by atoms with Crippen LogP contribution in [-0.4, -0.2) is 28.0 Å². The van der Waals surface area contributed by atoms with Crippen molar-refractivity contribution >= 4 is 50.6 Å². The molecule has 0 bridgehead atoms. The molecule has 0 N–H and O–H groups in total. The maximum absolute atomic E-state index is 8.42. The summed E-state index contributed by atoms with van der Waals surface area (Å²) in [5, 5.41) is 8.70. The third-order valence-electron chi connectivity index (χ3n) is 0.850. The molecular weight excluding hydrogens is 275 g/mol. The topological polar surface area (TPSA) is 36.7 Å². The first-order valence-electron chi connectivity index (χ1n) is 2.38. The van der Waals surface area contributed by atoms with Crippen molar-refractivity contribution < 1.29 is 12.4 Å². The van der Waals surface area contributed by atoms with Crippen LogP contribution in [0.2, 0.25) is 5.15 Å². The van der Waals surface area contributed by atoms with Crippen molar-refractivity contribution in [2.75, 3.05) is 0 Å². The Balaban J connectivity index is 0. The fraction of sp³-hybridized carbons (Fsp3) is 0. The van der Waals surface area contributed by atoms with Gasteiger partial charge in [-0.25, -0.2) is 5.26 Å². The van der Waals surface area contributed by atoms with Gasteiger partial charge in [-0.15, -0.1) is 17.7 Å². The first-order chi connectivity index (χ1) is 4.74. The van der Waals surface area contributed by atoms with E-state index in [1.54, 1.807) is 0 Å². The molecule has 0 atom stereocenters. The van der Waals surface area contributed by atoms with Crippen molar-refractivity contribution in [1.29, 1.82) is 5.26 Å². The second-order valence-electron chi connectivity index (χ2n) is 1.50. The molecule has 6 heteroatoms. The van der Waals surface area contributed by atoms with Crippen LogP contribution in [-0.2, 0) is 0 Å². The third kappa shape index (κ3) is 3.92. The summed E-state index contributed by atoms with van der Waals surface area (Å²) in [6.07, 6.45) is 0. The number of halogens is 3. The van der Waals surface area contributed by atoms with Crippen LogP contribution in [0.3, 0.4) is 0 Å². The van der Waals surface area contributed by atoms with Gasteiger partial charge in [-0.2, -0.15) is 6.07 Å². The molecule has 1 aromatic rings. The van der Waals surface area contributed by atoms with E-state index in [-0.39, 0.29) is 46.3 Å². The van der Waals surface area contributed by atoms with Crippen molar-refractivity contribution in [3.8, 4) is 6.07 Å². The summed E-state index contributed by atoms with van der Waals surface area (Å²) in [5.74, 6) is 0. The number of nitrogens with zero attached hydrogens (tertiary/aromatic N) is 2. The number of hydrogen-bond donors (Lipinski definition) is 0. The Bertz CT molecular complexity index is 300. The van der Waals surface area contributed by atoms with Gasteiger partial charge in [-0.05, 0) is 0 Å². The fourth-order valence-corrected chi connectivity index (χ4v) is 0.884. The van der Waals surface area contributed by atoms with Crippen molar-refractivity contribution in [1.82, 2.24) is 4.98 Å². The molecule has 2 nitrogen and oxygen atoms in total. The second-order valence-corrected chi connectivity index (χ2v) is 2.68. The number of rotatable bonds is 0. The van der Waals surface area contributed by atoms with Gasteiger partial charge in [0.25, 0.3) is 0 Å². The molecule has 0 saturated carbocycles. The molecule has 0 radical (unpaired) electrons. The number of hydrogen-bond acceptors (Lipinski definition) is 2. The summed E-state index contributed by atoms with van der Waals surface area (Å²) in [6.45, 7) is 0. The fourth-order valence-electron chi connectivity index (χ4n) is 0.454. The van der Waals surface area contributed by atoms with Crippen molar-refractivity contribution in [2.45, 2.75) is 0 Å². The van der Waals surface area contributed by atoms with E-state index in [0.717, 1.165) is 0 Å². The van der Waals surface area contributed by atoms with E-state index in [1.807, 2.05) is 6.07 Å². The van der Waals surface area contributed by atoms with Crippen LogP contribution in [0.1, 0.15) is 5.69 Å². The number of aromatic nitrogens is 1. The molecule has 0 spiro atoms. The van der Waals surface area contributed by atoms with E-state index >= 15 is 0 Å². The maximum atomic E-state index is 8.42. The Labute approximate surface area is 106 Å². The molecule has 0 aliphatic rings. The Morgan fingerprint density at radius 2 is 2.25 bits per heavy atom. The van der Waals surface area contributed by atoms with Gasteiger partial charge in [0, 0.05) is 10.8 Å². The van der Waals surface area contributed by atoms with E-state index in [1.165, 1.54) is 6.07 Å². The van der Waals surface area contributed by atoms with Gasteiger partial charge in [0.05, 0.1) is 6.07 Å². The average molecular weight is 276 g/mol. The molecule has 1 heterocycles. The molecule has 0 unspecified atom stereocenters. The zero-order valence-electron chi connectivity index (χ0n) is 5.81. The zero-order chi connectivity index (χ0) is 7.56. The van der Waals surface area contributed by atoms with Gasteiger partial charge < -0.3 is 17.4 Å². The van der Waals surface area contributed by atoms with E-state index in [4.69, 9.17) is 16.9 Å². The van der Waals surface area contributed by atoms with Crippen molar-refractivity contribution in [2.24, 2.45) is 0 Å². The van der Waals surface area contributed by atoms with Gasteiger partial charge in [0.1, 0.15) is 0 Å². The quantitative estimate of drug-likeness (QED) is 0.339.